The Hall–Kier alpha value is -2.99. The molecular formula is C19H31N7O5. The van der Waals surface area contributed by atoms with E-state index in [9.17, 15) is 24.3 Å². The van der Waals surface area contributed by atoms with E-state index in [4.69, 9.17) is 11.5 Å². The van der Waals surface area contributed by atoms with Gasteiger partial charge in [0.1, 0.15) is 18.1 Å². The van der Waals surface area contributed by atoms with Gasteiger partial charge in [-0.3, -0.25) is 14.4 Å². The lowest BCUT2D eigenvalue weighted by atomic mass is 10.1. The van der Waals surface area contributed by atoms with Gasteiger partial charge in [-0.2, -0.15) is 0 Å². The fourth-order valence-electron chi connectivity index (χ4n) is 3.59. The van der Waals surface area contributed by atoms with Crippen LogP contribution in [-0.2, 0) is 25.6 Å². The van der Waals surface area contributed by atoms with E-state index in [1.807, 2.05) is 0 Å². The minimum Gasteiger partial charge on any atom is -0.480 e. The number of nitrogens with zero attached hydrogens (tertiary/aromatic N) is 2. The molecule has 0 spiro atoms. The monoisotopic (exact) mass is 437 g/mol. The maximum absolute atomic E-state index is 13.1. The van der Waals surface area contributed by atoms with Gasteiger partial charge in [0, 0.05) is 24.9 Å². The molecule has 31 heavy (non-hydrogen) atoms. The number of H-pyrrole nitrogens is 1. The standard InChI is InChI=1S/C19H31N7O5/c20-6-2-1-4-13(18(29)26-7-3-5-15(26)19(30)31)25-17(28)14(24-16(27)9-21)8-12-10-22-11-23-12/h10-11,13-15H,1-9,20-21H2,(H,22,23)(H,24,27)(H,25,28)(H,30,31). The van der Waals surface area contributed by atoms with Crippen molar-refractivity contribution < 1.29 is 24.3 Å². The Morgan fingerprint density at radius 2 is 2.00 bits per heavy atom. The number of imidazole rings is 1. The molecule has 1 aromatic heterocycles. The van der Waals surface area contributed by atoms with E-state index in [1.54, 1.807) is 0 Å². The molecular weight excluding hydrogens is 406 g/mol. The molecule has 8 N–H and O–H groups in total. The molecule has 0 aromatic carbocycles. The molecule has 2 heterocycles. The molecule has 3 unspecified atom stereocenters. The SMILES string of the molecule is NCCCCC(NC(=O)C(Cc1cnc[nH]1)NC(=O)CN)C(=O)N1CCCC1C(=O)O. The van der Waals surface area contributed by atoms with E-state index in [2.05, 4.69) is 20.6 Å². The summed E-state index contributed by atoms with van der Waals surface area (Å²) in [4.78, 5) is 57.5. The van der Waals surface area contributed by atoms with E-state index < -0.39 is 41.8 Å². The molecule has 1 aliphatic rings. The van der Waals surface area contributed by atoms with Crippen LogP contribution in [0.15, 0.2) is 12.5 Å². The van der Waals surface area contributed by atoms with Gasteiger partial charge in [-0.15, -0.1) is 0 Å². The number of nitrogens with one attached hydrogen (secondary N) is 3. The number of carboxylic acids is 1. The predicted octanol–water partition coefficient (Wildman–Crippen LogP) is -1.91. The van der Waals surface area contributed by atoms with Gasteiger partial charge in [-0.25, -0.2) is 9.78 Å². The Morgan fingerprint density at radius 3 is 2.61 bits per heavy atom. The minimum atomic E-state index is -1.06. The molecule has 0 aliphatic carbocycles. The Bertz CT molecular complexity index is 755. The van der Waals surface area contributed by atoms with Gasteiger partial charge in [0.15, 0.2) is 0 Å². The maximum Gasteiger partial charge on any atom is 0.326 e. The summed E-state index contributed by atoms with van der Waals surface area (Å²) in [5.74, 6) is -2.59. The number of nitrogens with two attached hydrogens (primary N) is 2. The summed E-state index contributed by atoms with van der Waals surface area (Å²) in [6.07, 6.45) is 5.62. The highest BCUT2D eigenvalue weighted by Gasteiger charge is 2.38. The quantitative estimate of drug-likeness (QED) is 0.203. The van der Waals surface area contributed by atoms with Crippen molar-refractivity contribution in [2.75, 3.05) is 19.6 Å². The van der Waals surface area contributed by atoms with Crippen LogP contribution in [0.25, 0.3) is 0 Å². The average Bonchev–Trinajstić information content (AvgIpc) is 3.44. The molecule has 172 valence electrons. The highest BCUT2D eigenvalue weighted by Crippen LogP contribution is 2.20. The number of aromatic nitrogens is 2. The fraction of sp³-hybridized carbons (Fsp3) is 0.632. The van der Waals surface area contributed by atoms with Crippen molar-refractivity contribution in [3.63, 3.8) is 0 Å². The highest BCUT2D eigenvalue weighted by molar-refractivity contribution is 5.94. The molecule has 3 atom stereocenters. The van der Waals surface area contributed by atoms with E-state index in [1.165, 1.54) is 17.4 Å². The Morgan fingerprint density at radius 1 is 1.23 bits per heavy atom. The normalized spacial score (nSPS) is 17.7. The first kappa shape index (κ1) is 24.3. The van der Waals surface area contributed by atoms with Crippen LogP contribution in [0.1, 0.15) is 37.8 Å². The number of likely N-dealkylation sites (tertiary alicyclic amines) is 1. The molecule has 1 aromatic rings. The van der Waals surface area contributed by atoms with Crippen LogP contribution >= 0.6 is 0 Å². The Balaban J connectivity index is 2.15. The van der Waals surface area contributed by atoms with Crippen molar-refractivity contribution in [1.29, 1.82) is 0 Å². The molecule has 0 saturated carbocycles. The van der Waals surface area contributed by atoms with Crippen molar-refractivity contribution >= 4 is 23.7 Å². The second-order valence-electron chi connectivity index (χ2n) is 7.48. The molecule has 12 nitrogen and oxygen atoms in total. The Kier molecular flexibility index (Phi) is 9.40. The lowest BCUT2D eigenvalue weighted by Gasteiger charge is -2.28. The van der Waals surface area contributed by atoms with Gasteiger partial charge in [0.2, 0.25) is 17.7 Å². The van der Waals surface area contributed by atoms with Gasteiger partial charge in [-0.1, -0.05) is 0 Å². The average molecular weight is 438 g/mol. The van der Waals surface area contributed by atoms with Crippen molar-refractivity contribution in [3.05, 3.63) is 18.2 Å². The van der Waals surface area contributed by atoms with Crippen molar-refractivity contribution in [3.8, 4) is 0 Å². The first-order chi connectivity index (χ1) is 14.9. The number of unbranched alkanes of at least 4 members (excludes halogenated alkanes) is 1. The first-order valence-electron chi connectivity index (χ1n) is 10.4. The lowest BCUT2D eigenvalue weighted by Crippen LogP contribution is -2.56. The summed E-state index contributed by atoms with van der Waals surface area (Å²) in [5.41, 5.74) is 11.5. The molecule has 1 fully saturated rings. The van der Waals surface area contributed by atoms with Crippen LogP contribution in [-0.4, -0.2) is 81.4 Å². The van der Waals surface area contributed by atoms with Gasteiger partial charge in [0.05, 0.1) is 12.9 Å². The summed E-state index contributed by atoms with van der Waals surface area (Å²) in [6, 6.07) is -2.80. The number of amides is 3. The van der Waals surface area contributed by atoms with Crippen LogP contribution < -0.4 is 22.1 Å². The molecule has 0 radical (unpaired) electrons. The largest absolute Gasteiger partial charge is 0.480 e. The van der Waals surface area contributed by atoms with Crippen molar-refractivity contribution in [2.45, 2.75) is 56.7 Å². The van der Waals surface area contributed by atoms with Crippen LogP contribution in [0.2, 0.25) is 0 Å². The summed E-state index contributed by atoms with van der Waals surface area (Å²) >= 11 is 0. The second kappa shape index (κ2) is 12.0. The first-order valence-corrected chi connectivity index (χ1v) is 10.4. The van der Waals surface area contributed by atoms with Gasteiger partial charge in [-0.05, 0) is 38.6 Å². The van der Waals surface area contributed by atoms with Crippen LogP contribution in [0, 0.1) is 0 Å². The van der Waals surface area contributed by atoms with Gasteiger partial charge >= 0.3 is 5.97 Å². The molecule has 2 rings (SSSR count). The molecule has 3 amide bonds. The number of aliphatic carboxylic acids is 1. The predicted molar refractivity (Wildman–Crippen MR) is 110 cm³/mol. The smallest absolute Gasteiger partial charge is 0.326 e. The van der Waals surface area contributed by atoms with Gasteiger partial charge in [0.25, 0.3) is 0 Å². The minimum absolute atomic E-state index is 0.128. The van der Waals surface area contributed by atoms with Crippen molar-refractivity contribution in [1.82, 2.24) is 25.5 Å². The molecule has 12 heteroatoms. The molecule has 0 bridgehead atoms. The Labute approximate surface area is 180 Å². The number of rotatable bonds is 12. The van der Waals surface area contributed by atoms with E-state index in [0.717, 1.165) is 0 Å². The van der Waals surface area contributed by atoms with Crippen LogP contribution in [0.5, 0.6) is 0 Å². The van der Waals surface area contributed by atoms with E-state index >= 15 is 0 Å². The molecule has 1 aliphatic heterocycles. The third-order valence-corrected chi connectivity index (χ3v) is 5.20. The van der Waals surface area contributed by atoms with Crippen LogP contribution in [0.4, 0.5) is 0 Å². The summed E-state index contributed by atoms with van der Waals surface area (Å²) in [5, 5.41) is 14.7. The fourth-order valence-corrected chi connectivity index (χ4v) is 3.59. The number of carbonyl (C=O) groups is 4. The summed E-state index contributed by atoms with van der Waals surface area (Å²) in [6.45, 7) is 0.464. The number of hydrogen-bond donors (Lipinski definition) is 6. The number of hydrogen-bond acceptors (Lipinski definition) is 7. The number of aromatic amines is 1. The van der Waals surface area contributed by atoms with E-state index in [-0.39, 0.29) is 13.0 Å². The topological polar surface area (TPSA) is 197 Å². The highest BCUT2D eigenvalue weighted by atomic mass is 16.4. The third kappa shape index (κ3) is 7.03. The number of carbonyl (C=O) groups excluding carboxylic acids is 3. The van der Waals surface area contributed by atoms with Gasteiger partial charge < -0.3 is 37.1 Å². The molecule has 1 saturated heterocycles. The third-order valence-electron chi connectivity index (χ3n) is 5.20. The van der Waals surface area contributed by atoms with Crippen molar-refractivity contribution in [2.24, 2.45) is 11.5 Å². The van der Waals surface area contributed by atoms with E-state index in [0.29, 0.717) is 50.9 Å². The summed E-state index contributed by atoms with van der Waals surface area (Å²) < 4.78 is 0. The maximum atomic E-state index is 13.1. The lowest BCUT2D eigenvalue weighted by molar-refractivity contribution is -0.149. The zero-order chi connectivity index (χ0) is 22.8. The second-order valence-corrected chi connectivity index (χ2v) is 7.48. The van der Waals surface area contributed by atoms with Crippen LogP contribution in [0.3, 0.4) is 0 Å². The zero-order valence-electron chi connectivity index (χ0n) is 17.4. The zero-order valence-corrected chi connectivity index (χ0v) is 17.4. The number of carboxylic acid groups (broad SMARTS) is 1. The summed E-state index contributed by atoms with van der Waals surface area (Å²) in [7, 11) is 0.